The van der Waals surface area contributed by atoms with Crippen LogP contribution < -0.4 is 0 Å². The van der Waals surface area contributed by atoms with E-state index in [0.717, 1.165) is 11.1 Å². The molecule has 6 heteroatoms. The maximum absolute atomic E-state index is 12.2. The van der Waals surface area contributed by atoms with Gasteiger partial charge in [0.05, 0.1) is 4.90 Å². The molecule has 0 saturated heterocycles. The summed E-state index contributed by atoms with van der Waals surface area (Å²) in [6.07, 6.45) is 0.416. The van der Waals surface area contributed by atoms with Crippen LogP contribution in [0, 0.1) is 0 Å². The summed E-state index contributed by atoms with van der Waals surface area (Å²) in [7, 11) is -2.02. The molecule has 0 aliphatic rings. The van der Waals surface area contributed by atoms with Crippen molar-refractivity contribution in [3.05, 3.63) is 42.0 Å². The second kappa shape index (κ2) is 6.67. The summed E-state index contributed by atoms with van der Waals surface area (Å²) in [4.78, 5) is 10.7. The lowest BCUT2D eigenvalue weighted by Crippen LogP contribution is -2.28. The molecule has 0 spiro atoms. The van der Waals surface area contributed by atoms with Crippen LogP contribution >= 0.6 is 0 Å². The Bertz CT molecular complexity index is 590. The Morgan fingerprint density at radius 2 is 1.85 bits per heavy atom. The van der Waals surface area contributed by atoms with Crippen molar-refractivity contribution in [2.24, 2.45) is 0 Å². The van der Waals surface area contributed by atoms with Crippen LogP contribution in [0.25, 0.3) is 0 Å². The van der Waals surface area contributed by atoms with Gasteiger partial charge < -0.3 is 5.11 Å². The number of aryl methyl sites for hydroxylation is 1. The molecule has 0 radical (unpaired) electrons. The highest BCUT2D eigenvalue weighted by Gasteiger charge is 2.20. The predicted octanol–water partition coefficient (Wildman–Crippen LogP) is 1.90. The van der Waals surface area contributed by atoms with Gasteiger partial charge >= 0.3 is 5.97 Å². The SMILES string of the molecule is C=C(C)CN(C)S(=O)(=O)c1ccc(CCC(=O)O)cc1. The molecule has 110 valence electrons. The van der Waals surface area contributed by atoms with Gasteiger partial charge in [-0.2, -0.15) is 4.31 Å². The van der Waals surface area contributed by atoms with Gasteiger partial charge in [0.2, 0.25) is 10.0 Å². The molecule has 5 nitrogen and oxygen atoms in total. The van der Waals surface area contributed by atoms with Gasteiger partial charge in [0, 0.05) is 20.0 Å². The van der Waals surface area contributed by atoms with E-state index in [-0.39, 0.29) is 17.9 Å². The first-order chi connectivity index (χ1) is 9.23. The normalized spacial score (nSPS) is 11.6. The third-order valence-electron chi connectivity index (χ3n) is 2.75. The monoisotopic (exact) mass is 297 g/mol. The van der Waals surface area contributed by atoms with Gasteiger partial charge in [0.25, 0.3) is 0 Å². The molecule has 0 fully saturated rings. The fourth-order valence-corrected chi connectivity index (χ4v) is 2.95. The number of hydrogen-bond donors (Lipinski definition) is 1. The third kappa shape index (κ3) is 4.47. The number of carboxylic acid groups (broad SMARTS) is 1. The van der Waals surface area contributed by atoms with Gasteiger partial charge in [-0.25, -0.2) is 8.42 Å². The zero-order valence-corrected chi connectivity index (χ0v) is 12.5. The Morgan fingerprint density at radius 3 is 2.30 bits per heavy atom. The van der Waals surface area contributed by atoms with E-state index >= 15 is 0 Å². The first-order valence-electron chi connectivity index (χ1n) is 6.15. The molecule has 20 heavy (non-hydrogen) atoms. The molecule has 0 bridgehead atoms. The van der Waals surface area contributed by atoms with Crippen LogP contribution in [0.4, 0.5) is 0 Å². The quantitative estimate of drug-likeness (QED) is 0.780. The Kier molecular flexibility index (Phi) is 5.47. The molecule has 0 aromatic heterocycles. The van der Waals surface area contributed by atoms with Gasteiger partial charge in [-0.15, -0.1) is 0 Å². The molecule has 0 aliphatic carbocycles. The number of carboxylic acids is 1. The summed E-state index contributed by atoms with van der Waals surface area (Å²) in [5.41, 5.74) is 1.56. The van der Waals surface area contributed by atoms with E-state index < -0.39 is 16.0 Å². The van der Waals surface area contributed by atoms with Crippen LogP contribution in [-0.2, 0) is 21.2 Å². The van der Waals surface area contributed by atoms with Gasteiger partial charge in [0.15, 0.2) is 0 Å². The molecule has 0 saturated carbocycles. The highest BCUT2D eigenvalue weighted by Crippen LogP contribution is 2.16. The van der Waals surface area contributed by atoms with Crippen molar-refractivity contribution in [2.75, 3.05) is 13.6 Å². The van der Waals surface area contributed by atoms with E-state index in [1.54, 1.807) is 19.1 Å². The standard InChI is InChI=1S/C14H19NO4S/c1-11(2)10-15(3)20(18,19)13-7-4-12(5-8-13)6-9-14(16)17/h4-5,7-8H,1,6,9-10H2,2-3H3,(H,16,17). The molecule has 1 N–H and O–H groups in total. The number of hydrogen-bond acceptors (Lipinski definition) is 3. The summed E-state index contributed by atoms with van der Waals surface area (Å²) < 4.78 is 25.7. The van der Waals surface area contributed by atoms with Gasteiger partial charge in [-0.1, -0.05) is 24.3 Å². The van der Waals surface area contributed by atoms with E-state index in [4.69, 9.17) is 5.11 Å². The Hall–Kier alpha value is -1.66. The van der Waals surface area contributed by atoms with Crippen LogP contribution in [-0.4, -0.2) is 37.4 Å². The van der Waals surface area contributed by atoms with Crippen LogP contribution in [0.2, 0.25) is 0 Å². The largest absolute Gasteiger partial charge is 0.481 e. The van der Waals surface area contributed by atoms with E-state index in [9.17, 15) is 13.2 Å². The smallest absolute Gasteiger partial charge is 0.303 e. The van der Waals surface area contributed by atoms with Gasteiger partial charge in [0.1, 0.15) is 0 Å². The van der Waals surface area contributed by atoms with Crippen LogP contribution in [0.15, 0.2) is 41.3 Å². The van der Waals surface area contributed by atoms with E-state index in [1.807, 2.05) is 0 Å². The number of carbonyl (C=O) groups is 1. The second-order valence-corrected chi connectivity index (χ2v) is 6.80. The highest BCUT2D eigenvalue weighted by molar-refractivity contribution is 7.89. The highest BCUT2D eigenvalue weighted by atomic mass is 32.2. The van der Waals surface area contributed by atoms with Crippen molar-refractivity contribution in [1.82, 2.24) is 4.31 Å². The minimum absolute atomic E-state index is 0.0294. The van der Waals surface area contributed by atoms with Gasteiger partial charge in [-0.3, -0.25) is 4.79 Å². The van der Waals surface area contributed by atoms with Crippen molar-refractivity contribution in [3.8, 4) is 0 Å². The first kappa shape index (κ1) is 16.4. The Labute approximate surface area is 119 Å². The summed E-state index contributed by atoms with van der Waals surface area (Å²) >= 11 is 0. The van der Waals surface area contributed by atoms with Gasteiger partial charge in [-0.05, 0) is 31.0 Å². The van der Waals surface area contributed by atoms with E-state index in [2.05, 4.69) is 6.58 Å². The molecule has 1 aromatic carbocycles. The number of sulfonamides is 1. The summed E-state index contributed by atoms with van der Waals surface area (Å²) in [5, 5.41) is 8.60. The van der Waals surface area contributed by atoms with Crippen molar-refractivity contribution in [3.63, 3.8) is 0 Å². The second-order valence-electron chi connectivity index (χ2n) is 4.76. The van der Waals surface area contributed by atoms with Crippen molar-refractivity contribution < 1.29 is 18.3 Å². The molecule has 0 heterocycles. The number of aliphatic carboxylic acids is 1. The molecule has 1 rings (SSSR count). The lowest BCUT2D eigenvalue weighted by atomic mass is 10.1. The topological polar surface area (TPSA) is 74.7 Å². The zero-order valence-electron chi connectivity index (χ0n) is 11.7. The molecular formula is C14H19NO4S. The Morgan fingerprint density at radius 1 is 1.30 bits per heavy atom. The van der Waals surface area contributed by atoms with E-state index in [0.29, 0.717) is 6.42 Å². The Balaban J connectivity index is 2.86. The number of likely N-dealkylation sites (N-methyl/N-ethyl adjacent to an activating group) is 1. The average Bonchev–Trinajstić information content (AvgIpc) is 2.36. The molecular weight excluding hydrogens is 278 g/mol. The van der Waals surface area contributed by atoms with Crippen LogP contribution in [0.5, 0.6) is 0 Å². The molecule has 0 atom stereocenters. The molecule has 0 aliphatic heterocycles. The summed E-state index contributed by atoms with van der Waals surface area (Å²) in [6, 6.07) is 6.29. The van der Waals surface area contributed by atoms with Crippen molar-refractivity contribution in [2.45, 2.75) is 24.7 Å². The summed E-state index contributed by atoms with van der Waals surface area (Å²) in [5.74, 6) is -0.872. The lowest BCUT2D eigenvalue weighted by Gasteiger charge is -2.17. The molecule has 0 amide bonds. The summed E-state index contributed by atoms with van der Waals surface area (Å²) in [6.45, 7) is 5.73. The third-order valence-corrected chi connectivity index (χ3v) is 4.57. The fourth-order valence-electron chi connectivity index (χ4n) is 1.72. The zero-order chi connectivity index (χ0) is 15.3. The predicted molar refractivity (Wildman–Crippen MR) is 77.0 cm³/mol. The average molecular weight is 297 g/mol. The maximum atomic E-state index is 12.2. The maximum Gasteiger partial charge on any atom is 0.303 e. The number of nitrogens with zero attached hydrogens (tertiary/aromatic N) is 1. The molecule has 1 aromatic rings. The number of rotatable bonds is 7. The lowest BCUT2D eigenvalue weighted by molar-refractivity contribution is -0.136. The van der Waals surface area contributed by atoms with E-state index in [1.165, 1.54) is 23.5 Å². The fraction of sp³-hybridized carbons (Fsp3) is 0.357. The van der Waals surface area contributed by atoms with Crippen molar-refractivity contribution in [1.29, 1.82) is 0 Å². The first-order valence-corrected chi connectivity index (χ1v) is 7.59. The van der Waals surface area contributed by atoms with Crippen LogP contribution in [0.3, 0.4) is 0 Å². The molecule has 0 unspecified atom stereocenters. The van der Waals surface area contributed by atoms with Crippen LogP contribution in [0.1, 0.15) is 18.9 Å². The minimum atomic E-state index is -3.53. The minimum Gasteiger partial charge on any atom is -0.481 e. The number of benzene rings is 1. The van der Waals surface area contributed by atoms with Crippen molar-refractivity contribution >= 4 is 16.0 Å².